The first-order valence-electron chi connectivity index (χ1n) is 8.38. The van der Waals surface area contributed by atoms with Crippen molar-refractivity contribution in [2.75, 3.05) is 43.9 Å². The third-order valence-corrected chi connectivity index (χ3v) is 6.69. The maximum absolute atomic E-state index is 12.5. The molecule has 1 aliphatic heterocycles. The van der Waals surface area contributed by atoms with Crippen LogP contribution in [0.1, 0.15) is 25.7 Å². The van der Waals surface area contributed by atoms with Gasteiger partial charge in [-0.05, 0) is 12.8 Å². The number of thioether (sulfide) groups is 1. The van der Waals surface area contributed by atoms with Gasteiger partial charge in [0.25, 0.3) is 0 Å². The Morgan fingerprint density at radius 1 is 1.21 bits per heavy atom. The van der Waals surface area contributed by atoms with Gasteiger partial charge >= 0.3 is 0 Å². The van der Waals surface area contributed by atoms with E-state index < -0.39 is 0 Å². The van der Waals surface area contributed by atoms with Crippen LogP contribution >= 0.6 is 23.1 Å². The molecule has 3 rings (SSSR count). The molecule has 2 aliphatic rings. The van der Waals surface area contributed by atoms with Gasteiger partial charge in [0, 0.05) is 39.1 Å². The Labute approximate surface area is 150 Å². The highest BCUT2D eigenvalue weighted by Crippen LogP contribution is 2.30. The summed E-state index contributed by atoms with van der Waals surface area (Å²) in [4.78, 5) is 27.9. The molecule has 1 N–H and O–H groups in total. The van der Waals surface area contributed by atoms with Gasteiger partial charge in [-0.25, -0.2) is 0 Å². The molecule has 0 radical (unpaired) electrons. The van der Waals surface area contributed by atoms with Crippen LogP contribution in [0.2, 0.25) is 0 Å². The topological polar surface area (TPSA) is 78.4 Å². The minimum Gasteiger partial charge on any atom is -0.358 e. The van der Waals surface area contributed by atoms with Crippen molar-refractivity contribution in [3.05, 3.63) is 0 Å². The summed E-state index contributed by atoms with van der Waals surface area (Å²) >= 11 is 2.91. The van der Waals surface area contributed by atoms with Gasteiger partial charge in [0.1, 0.15) is 0 Å². The lowest BCUT2D eigenvalue weighted by Crippen LogP contribution is -2.50. The summed E-state index contributed by atoms with van der Waals surface area (Å²) in [5.74, 6) is 0.933. The van der Waals surface area contributed by atoms with E-state index in [-0.39, 0.29) is 11.8 Å². The number of hydrogen-bond donors (Lipinski definition) is 1. The summed E-state index contributed by atoms with van der Waals surface area (Å²) in [5, 5.41) is 11.8. The second kappa shape index (κ2) is 8.15. The number of piperazine rings is 1. The molecular weight excluding hydrogens is 346 g/mol. The summed E-state index contributed by atoms with van der Waals surface area (Å²) in [6.07, 6.45) is 4.50. The first kappa shape index (κ1) is 17.5. The molecule has 132 valence electrons. The average Bonchev–Trinajstić information content (AvgIpc) is 3.31. The average molecular weight is 370 g/mol. The van der Waals surface area contributed by atoms with E-state index in [1.54, 1.807) is 7.05 Å². The third-order valence-electron chi connectivity index (χ3n) is 4.57. The monoisotopic (exact) mass is 369 g/mol. The molecule has 2 amide bonds. The molecule has 1 saturated carbocycles. The molecule has 2 fully saturated rings. The summed E-state index contributed by atoms with van der Waals surface area (Å²) in [7, 11) is 1.63. The fourth-order valence-corrected chi connectivity index (χ4v) is 4.90. The van der Waals surface area contributed by atoms with Crippen molar-refractivity contribution in [1.82, 2.24) is 20.4 Å². The Hall–Kier alpha value is -1.35. The lowest BCUT2D eigenvalue weighted by molar-refractivity contribution is -0.135. The number of carbonyl (C=O) groups is 2. The SMILES string of the molecule is CNC(=O)CSc1nnc(N2CCN(C(=O)C3CCCC3)CC2)s1. The first-order valence-corrected chi connectivity index (χ1v) is 10.2. The van der Waals surface area contributed by atoms with Crippen LogP contribution in [0.4, 0.5) is 5.13 Å². The van der Waals surface area contributed by atoms with E-state index in [9.17, 15) is 9.59 Å². The molecule has 1 aliphatic carbocycles. The zero-order valence-electron chi connectivity index (χ0n) is 13.9. The van der Waals surface area contributed by atoms with E-state index in [0.29, 0.717) is 11.7 Å². The molecule has 9 heteroatoms. The molecule has 0 aromatic carbocycles. The molecule has 0 unspecified atom stereocenters. The standard InChI is InChI=1S/C15H23N5O2S2/c1-16-12(21)10-23-15-18-17-14(24-15)20-8-6-19(7-9-20)13(22)11-4-2-3-5-11/h11H,2-10H2,1H3,(H,16,21). The quantitative estimate of drug-likeness (QED) is 0.786. The summed E-state index contributed by atoms with van der Waals surface area (Å²) in [6.45, 7) is 3.12. The first-order chi connectivity index (χ1) is 11.7. The fraction of sp³-hybridized carbons (Fsp3) is 0.733. The van der Waals surface area contributed by atoms with E-state index >= 15 is 0 Å². The Balaban J connectivity index is 1.48. The summed E-state index contributed by atoms with van der Waals surface area (Å²) in [5.41, 5.74) is 0. The van der Waals surface area contributed by atoms with E-state index in [4.69, 9.17) is 0 Å². The van der Waals surface area contributed by atoms with Crippen molar-refractivity contribution in [3.8, 4) is 0 Å². The van der Waals surface area contributed by atoms with E-state index in [0.717, 1.165) is 48.5 Å². The molecular formula is C15H23N5O2S2. The Morgan fingerprint density at radius 2 is 1.92 bits per heavy atom. The predicted octanol–water partition coefficient (Wildman–Crippen LogP) is 1.21. The van der Waals surface area contributed by atoms with Gasteiger partial charge in [-0.1, -0.05) is 35.9 Å². The zero-order chi connectivity index (χ0) is 16.9. The van der Waals surface area contributed by atoms with Crippen LogP contribution in [0.3, 0.4) is 0 Å². The highest BCUT2D eigenvalue weighted by atomic mass is 32.2. The lowest BCUT2D eigenvalue weighted by atomic mass is 10.1. The van der Waals surface area contributed by atoms with Gasteiger partial charge in [0.15, 0.2) is 4.34 Å². The van der Waals surface area contributed by atoms with Crippen LogP contribution in [0, 0.1) is 5.92 Å². The Bertz CT molecular complexity index is 580. The number of rotatable bonds is 5. The second-order valence-electron chi connectivity index (χ2n) is 6.11. The molecule has 7 nitrogen and oxygen atoms in total. The fourth-order valence-electron chi connectivity index (χ4n) is 3.14. The molecule has 0 spiro atoms. The van der Waals surface area contributed by atoms with Crippen LogP contribution in [0.25, 0.3) is 0 Å². The van der Waals surface area contributed by atoms with Crippen molar-refractivity contribution in [2.45, 2.75) is 30.0 Å². The molecule has 0 bridgehead atoms. The van der Waals surface area contributed by atoms with Crippen molar-refractivity contribution < 1.29 is 9.59 Å². The van der Waals surface area contributed by atoms with E-state index in [2.05, 4.69) is 20.4 Å². The van der Waals surface area contributed by atoms with Gasteiger partial charge in [-0.2, -0.15) is 0 Å². The maximum atomic E-state index is 12.5. The zero-order valence-corrected chi connectivity index (χ0v) is 15.5. The van der Waals surface area contributed by atoms with Crippen molar-refractivity contribution in [3.63, 3.8) is 0 Å². The minimum absolute atomic E-state index is 0.0178. The van der Waals surface area contributed by atoms with Crippen molar-refractivity contribution >= 4 is 40.0 Å². The minimum atomic E-state index is -0.0178. The number of nitrogens with one attached hydrogen (secondary N) is 1. The van der Waals surface area contributed by atoms with E-state index in [1.165, 1.54) is 35.9 Å². The van der Waals surface area contributed by atoms with Gasteiger partial charge in [0.05, 0.1) is 5.75 Å². The van der Waals surface area contributed by atoms with Gasteiger partial charge in [-0.3, -0.25) is 9.59 Å². The number of nitrogens with zero attached hydrogens (tertiary/aromatic N) is 4. The Kier molecular flexibility index (Phi) is 5.94. The number of anilines is 1. The van der Waals surface area contributed by atoms with Crippen LogP contribution in [-0.2, 0) is 9.59 Å². The highest BCUT2D eigenvalue weighted by molar-refractivity contribution is 8.01. The second-order valence-corrected chi connectivity index (χ2v) is 8.28. The largest absolute Gasteiger partial charge is 0.358 e. The normalized spacial score (nSPS) is 18.9. The van der Waals surface area contributed by atoms with Crippen LogP contribution in [0.15, 0.2) is 4.34 Å². The number of aromatic nitrogens is 2. The molecule has 24 heavy (non-hydrogen) atoms. The summed E-state index contributed by atoms with van der Waals surface area (Å²) < 4.78 is 0.804. The molecule has 0 atom stereocenters. The van der Waals surface area contributed by atoms with Gasteiger partial charge < -0.3 is 15.1 Å². The molecule has 1 saturated heterocycles. The molecule has 1 aromatic rings. The number of amides is 2. The highest BCUT2D eigenvalue weighted by Gasteiger charge is 2.30. The van der Waals surface area contributed by atoms with Crippen LogP contribution in [0.5, 0.6) is 0 Å². The predicted molar refractivity (Wildman–Crippen MR) is 95.5 cm³/mol. The van der Waals surface area contributed by atoms with Gasteiger partial charge in [0.2, 0.25) is 16.9 Å². The third kappa shape index (κ3) is 4.18. The van der Waals surface area contributed by atoms with Crippen molar-refractivity contribution in [1.29, 1.82) is 0 Å². The number of hydrogen-bond acceptors (Lipinski definition) is 7. The lowest BCUT2D eigenvalue weighted by Gasteiger charge is -2.35. The number of carbonyl (C=O) groups excluding carboxylic acids is 2. The summed E-state index contributed by atoms with van der Waals surface area (Å²) in [6, 6.07) is 0. The van der Waals surface area contributed by atoms with E-state index in [1.807, 2.05) is 4.90 Å². The maximum Gasteiger partial charge on any atom is 0.230 e. The van der Waals surface area contributed by atoms with Crippen LogP contribution < -0.4 is 10.2 Å². The van der Waals surface area contributed by atoms with Gasteiger partial charge in [-0.15, -0.1) is 10.2 Å². The van der Waals surface area contributed by atoms with Crippen molar-refractivity contribution in [2.24, 2.45) is 5.92 Å². The molecule has 2 heterocycles. The molecule has 1 aromatic heterocycles. The Morgan fingerprint density at radius 3 is 2.58 bits per heavy atom. The smallest absolute Gasteiger partial charge is 0.230 e. The van der Waals surface area contributed by atoms with Crippen LogP contribution in [-0.4, -0.2) is 65.9 Å².